The molecule has 0 bridgehead atoms. The van der Waals surface area contributed by atoms with Crippen LogP contribution in [-0.4, -0.2) is 6.54 Å². The Kier molecular flexibility index (Phi) is 3.11. The van der Waals surface area contributed by atoms with Crippen molar-refractivity contribution in [3.63, 3.8) is 0 Å². The van der Waals surface area contributed by atoms with Gasteiger partial charge in [-0.25, -0.2) is 0 Å². The van der Waals surface area contributed by atoms with Crippen molar-refractivity contribution in [2.75, 3.05) is 6.54 Å². The van der Waals surface area contributed by atoms with Gasteiger partial charge in [-0.2, -0.15) is 0 Å². The fourth-order valence-electron chi connectivity index (χ4n) is 2.71. The SMILES string of the molecule is CC1CC1CNC1CCCc2sc(Br)cc21. The van der Waals surface area contributed by atoms with Crippen LogP contribution in [-0.2, 0) is 6.42 Å². The number of halogens is 1. The van der Waals surface area contributed by atoms with Gasteiger partial charge >= 0.3 is 0 Å². The Hall–Kier alpha value is 0.140. The smallest absolute Gasteiger partial charge is 0.0704 e. The summed E-state index contributed by atoms with van der Waals surface area (Å²) in [5.41, 5.74) is 1.57. The van der Waals surface area contributed by atoms with Gasteiger partial charge in [0.15, 0.2) is 0 Å². The van der Waals surface area contributed by atoms with Gasteiger partial charge in [0.1, 0.15) is 0 Å². The van der Waals surface area contributed by atoms with E-state index in [0.717, 1.165) is 11.8 Å². The van der Waals surface area contributed by atoms with Crippen molar-refractivity contribution in [2.24, 2.45) is 11.8 Å². The molecule has 0 spiro atoms. The van der Waals surface area contributed by atoms with Gasteiger partial charge in [0.25, 0.3) is 0 Å². The molecule has 1 saturated carbocycles. The van der Waals surface area contributed by atoms with Crippen LogP contribution in [0.25, 0.3) is 0 Å². The van der Waals surface area contributed by atoms with Gasteiger partial charge in [-0.05, 0) is 71.6 Å². The highest BCUT2D eigenvalue weighted by Crippen LogP contribution is 2.40. The Balaban J connectivity index is 1.67. The summed E-state index contributed by atoms with van der Waals surface area (Å²) in [5, 5.41) is 3.77. The maximum atomic E-state index is 3.77. The highest BCUT2D eigenvalue weighted by Gasteiger charge is 2.33. The van der Waals surface area contributed by atoms with Crippen LogP contribution in [0.3, 0.4) is 0 Å². The highest BCUT2D eigenvalue weighted by molar-refractivity contribution is 9.11. The van der Waals surface area contributed by atoms with E-state index in [4.69, 9.17) is 0 Å². The van der Waals surface area contributed by atoms with Gasteiger partial charge in [0, 0.05) is 10.9 Å². The molecule has 3 unspecified atom stereocenters. The van der Waals surface area contributed by atoms with Gasteiger partial charge in [0.2, 0.25) is 0 Å². The number of hydrogen-bond acceptors (Lipinski definition) is 2. The van der Waals surface area contributed by atoms with Gasteiger partial charge < -0.3 is 5.32 Å². The van der Waals surface area contributed by atoms with E-state index in [1.54, 1.807) is 10.4 Å². The first-order valence-corrected chi connectivity index (χ1v) is 7.86. The van der Waals surface area contributed by atoms with Crippen LogP contribution >= 0.6 is 27.3 Å². The van der Waals surface area contributed by atoms with Crippen molar-refractivity contribution in [1.29, 1.82) is 0 Å². The lowest BCUT2D eigenvalue weighted by Crippen LogP contribution is -2.26. The third-order valence-corrected chi connectivity index (χ3v) is 5.70. The number of fused-ring (bicyclic) bond motifs is 1. The first-order valence-electron chi connectivity index (χ1n) is 6.25. The van der Waals surface area contributed by atoms with E-state index >= 15 is 0 Å². The molecular formula is C13H18BrNS. The van der Waals surface area contributed by atoms with Crippen LogP contribution in [0, 0.1) is 11.8 Å². The molecule has 0 aromatic carbocycles. The first kappa shape index (κ1) is 11.2. The summed E-state index contributed by atoms with van der Waals surface area (Å²) in [6.07, 6.45) is 5.37. The second kappa shape index (κ2) is 4.43. The number of aryl methyl sites for hydroxylation is 1. The molecule has 88 valence electrons. The average molecular weight is 300 g/mol. The van der Waals surface area contributed by atoms with E-state index in [1.165, 1.54) is 36.0 Å². The van der Waals surface area contributed by atoms with Crippen LogP contribution in [0.1, 0.15) is 42.7 Å². The minimum atomic E-state index is 0.624. The molecule has 2 aliphatic carbocycles. The molecule has 0 saturated heterocycles. The molecule has 1 N–H and O–H groups in total. The molecule has 3 atom stereocenters. The summed E-state index contributed by atoms with van der Waals surface area (Å²) < 4.78 is 1.30. The molecule has 1 nitrogen and oxygen atoms in total. The molecular weight excluding hydrogens is 282 g/mol. The van der Waals surface area contributed by atoms with E-state index in [-0.39, 0.29) is 0 Å². The highest BCUT2D eigenvalue weighted by atomic mass is 79.9. The summed E-state index contributed by atoms with van der Waals surface area (Å²) in [6, 6.07) is 2.95. The molecule has 0 amide bonds. The van der Waals surface area contributed by atoms with Crippen molar-refractivity contribution in [3.8, 4) is 0 Å². The number of thiophene rings is 1. The number of nitrogens with one attached hydrogen (secondary N) is 1. The predicted octanol–water partition coefficient (Wildman–Crippen LogP) is 4.13. The molecule has 3 heteroatoms. The van der Waals surface area contributed by atoms with E-state index < -0.39 is 0 Å². The van der Waals surface area contributed by atoms with Gasteiger partial charge in [-0.3, -0.25) is 0 Å². The zero-order valence-electron chi connectivity index (χ0n) is 9.63. The maximum absolute atomic E-state index is 3.77. The summed E-state index contributed by atoms with van der Waals surface area (Å²) in [4.78, 5) is 1.60. The van der Waals surface area contributed by atoms with Gasteiger partial charge in [-0.15, -0.1) is 11.3 Å². The van der Waals surface area contributed by atoms with E-state index in [9.17, 15) is 0 Å². The minimum Gasteiger partial charge on any atom is -0.310 e. The van der Waals surface area contributed by atoms with E-state index in [1.807, 2.05) is 11.3 Å². The Morgan fingerprint density at radius 2 is 2.38 bits per heavy atom. The zero-order chi connectivity index (χ0) is 11.1. The molecule has 0 aliphatic heterocycles. The molecule has 0 radical (unpaired) electrons. The lowest BCUT2D eigenvalue weighted by Gasteiger charge is -2.23. The van der Waals surface area contributed by atoms with Crippen LogP contribution < -0.4 is 5.32 Å². The molecule has 16 heavy (non-hydrogen) atoms. The number of rotatable bonds is 3. The maximum Gasteiger partial charge on any atom is 0.0704 e. The average Bonchev–Trinajstić information content (AvgIpc) is 2.81. The van der Waals surface area contributed by atoms with E-state index in [0.29, 0.717) is 6.04 Å². The molecule has 1 aromatic rings. The minimum absolute atomic E-state index is 0.624. The molecule has 3 rings (SSSR count). The standard InChI is InChI=1S/C13H18BrNS/c1-8-5-9(8)7-15-11-3-2-4-12-10(11)6-13(14)16-12/h6,8-9,11,15H,2-5,7H2,1H3. The van der Waals surface area contributed by atoms with Crippen LogP contribution in [0.4, 0.5) is 0 Å². The lowest BCUT2D eigenvalue weighted by atomic mass is 9.94. The monoisotopic (exact) mass is 299 g/mol. The third-order valence-electron chi connectivity index (χ3n) is 3.99. The third kappa shape index (κ3) is 2.22. The zero-order valence-corrected chi connectivity index (χ0v) is 12.0. The Morgan fingerprint density at radius 3 is 3.12 bits per heavy atom. The van der Waals surface area contributed by atoms with E-state index in [2.05, 4.69) is 34.2 Å². The van der Waals surface area contributed by atoms with Crippen molar-refractivity contribution in [3.05, 3.63) is 20.3 Å². The Morgan fingerprint density at radius 1 is 1.56 bits per heavy atom. The largest absolute Gasteiger partial charge is 0.310 e. The molecule has 2 aliphatic rings. The van der Waals surface area contributed by atoms with Crippen LogP contribution in [0.2, 0.25) is 0 Å². The molecule has 1 heterocycles. The molecule has 1 aromatic heterocycles. The topological polar surface area (TPSA) is 12.0 Å². The van der Waals surface area contributed by atoms with Crippen molar-refractivity contribution < 1.29 is 0 Å². The number of hydrogen-bond donors (Lipinski definition) is 1. The second-order valence-electron chi connectivity index (χ2n) is 5.26. The Labute approximate surface area is 110 Å². The van der Waals surface area contributed by atoms with Gasteiger partial charge in [-0.1, -0.05) is 6.92 Å². The van der Waals surface area contributed by atoms with Crippen molar-refractivity contribution >= 4 is 27.3 Å². The fourth-order valence-corrected chi connectivity index (χ4v) is 4.53. The van der Waals surface area contributed by atoms with Crippen molar-refractivity contribution in [2.45, 2.75) is 38.6 Å². The van der Waals surface area contributed by atoms with Gasteiger partial charge in [0.05, 0.1) is 3.79 Å². The quantitative estimate of drug-likeness (QED) is 0.885. The molecule has 1 fully saturated rings. The van der Waals surface area contributed by atoms with Crippen LogP contribution in [0.15, 0.2) is 9.85 Å². The summed E-state index contributed by atoms with van der Waals surface area (Å²) in [5.74, 6) is 1.91. The first-order chi connectivity index (χ1) is 7.74. The second-order valence-corrected chi connectivity index (χ2v) is 7.77. The van der Waals surface area contributed by atoms with Crippen molar-refractivity contribution in [1.82, 2.24) is 5.32 Å². The Bertz CT molecular complexity index is 387. The van der Waals surface area contributed by atoms with Crippen LogP contribution in [0.5, 0.6) is 0 Å². The summed E-state index contributed by atoms with van der Waals surface area (Å²) in [6.45, 7) is 3.58. The normalized spacial score (nSPS) is 32.5. The summed E-state index contributed by atoms with van der Waals surface area (Å²) >= 11 is 5.53. The summed E-state index contributed by atoms with van der Waals surface area (Å²) in [7, 11) is 0. The lowest BCUT2D eigenvalue weighted by molar-refractivity contribution is 0.448. The predicted molar refractivity (Wildman–Crippen MR) is 73.0 cm³/mol. The fraction of sp³-hybridized carbons (Fsp3) is 0.692.